The molecule has 0 saturated heterocycles. The Hall–Kier alpha value is -1.63. The van der Waals surface area contributed by atoms with Gasteiger partial charge in [-0.25, -0.2) is 0 Å². The number of rotatable bonds is 2. The summed E-state index contributed by atoms with van der Waals surface area (Å²) in [6, 6.07) is 3.43. The van der Waals surface area contributed by atoms with Crippen molar-refractivity contribution in [3.63, 3.8) is 0 Å². The number of furan rings is 1. The quantitative estimate of drug-likeness (QED) is 0.904. The number of halogens is 1. The molecule has 0 bridgehead atoms. The standard InChI is InChI=1S/C8H6BrN3O3/c1-4(13)10-8-12-11-7(15-8)5-2-3-6(9)14-5/h2-3H,1H3,(H,10,12,13). The summed E-state index contributed by atoms with van der Waals surface area (Å²) in [7, 11) is 0. The van der Waals surface area contributed by atoms with Crippen LogP contribution in [0.5, 0.6) is 0 Å². The van der Waals surface area contributed by atoms with E-state index in [-0.39, 0.29) is 17.8 Å². The van der Waals surface area contributed by atoms with E-state index in [2.05, 4.69) is 31.4 Å². The number of aromatic nitrogens is 2. The van der Waals surface area contributed by atoms with E-state index in [4.69, 9.17) is 8.83 Å². The highest BCUT2D eigenvalue weighted by atomic mass is 79.9. The van der Waals surface area contributed by atoms with Gasteiger partial charge in [0.1, 0.15) is 0 Å². The molecule has 2 rings (SSSR count). The number of anilines is 1. The summed E-state index contributed by atoms with van der Waals surface area (Å²) in [5, 5.41) is 9.69. The molecule has 0 atom stereocenters. The fraction of sp³-hybridized carbons (Fsp3) is 0.125. The number of nitrogens with zero attached hydrogens (tertiary/aromatic N) is 2. The molecule has 0 saturated carbocycles. The summed E-state index contributed by atoms with van der Waals surface area (Å²) in [5.41, 5.74) is 0. The number of nitrogens with one attached hydrogen (secondary N) is 1. The van der Waals surface area contributed by atoms with Gasteiger partial charge in [-0.2, -0.15) is 0 Å². The molecule has 0 unspecified atom stereocenters. The van der Waals surface area contributed by atoms with Gasteiger partial charge in [0.2, 0.25) is 5.91 Å². The zero-order valence-electron chi connectivity index (χ0n) is 7.65. The van der Waals surface area contributed by atoms with E-state index in [0.29, 0.717) is 10.4 Å². The van der Waals surface area contributed by atoms with Crippen molar-refractivity contribution in [2.75, 3.05) is 5.32 Å². The molecule has 15 heavy (non-hydrogen) atoms. The molecule has 2 heterocycles. The van der Waals surface area contributed by atoms with E-state index in [1.165, 1.54) is 6.92 Å². The first-order valence-electron chi connectivity index (χ1n) is 4.02. The van der Waals surface area contributed by atoms with Crippen molar-refractivity contribution >= 4 is 27.9 Å². The Labute approximate surface area is 92.8 Å². The van der Waals surface area contributed by atoms with E-state index in [1.54, 1.807) is 12.1 Å². The van der Waals surface area contributed by atoms with Gasteiger partial charge in [0.25, 0.3) is 5.89 Å². The van der Waals surface area contributed by atoms with Crippen molar-refractivity contribution in [3.05, 3.63) is 16.8 Å². The smallest absolute Gasteiger partial charge is 0.322 e. The van der Waals surface area contributed by atoms with Gasteiger partial charge >= 0.3 is 6.01 Å². The number of hydrogen-bond acceptors (Lipinski definition) is 5. The topological polar surface area (TPSA) is 81.2 Å². The molecule has 0 aliphatic carbocycles. The fourth-order valence-electron chi connectivity index (χ4n) is 0.953. The van der Waals surface area contributed by atoms with E-state index in [9.17, 15) is 4.79 Å². The maximum absolute atomic E-state index is 10.7. The lowest BCUT2D eigenvalue weighted by Gasteiger charge is -1.90. The Morgan fingerprint density at radius 3 is 2.80 bits per heavy atom. The molecule has 0 fully saturated rings. The molecule has 1 N–H and O–H groups in total. The minimum absolute atomic E-state index is 0.0463. The average molecular weight is 272 g/mol. The van der Waals surface area contributed by atoms with Gasteiger partial charge in [-0.1, -0.05) is 5.10 Å². The van der Waals surface area contributed by atoms with Crippen LogP contribution in [0.15, 0.2) is 25.6 Å². The highest BCUT2D eigenvalue weighted by molar-refractivity contribution is 9.10. The van der Waals surface area contributed by atoms with Crippen molar-refractivity contribution in [1.82, 2.24) is 10.2 Å². The van der Waals surface area contributed by atoms with Gasteiger partial charge in [-0.15, -0.1) is 5.10 Å². The Morgan fingerprint density at radius 2 is 2.20 bits per heavy atom. The molecule has 1 amide bonds. The van der Waals surface area contributed by atoms with Crippen molar-refractivity contribution in [3.8, 4) is 11.7 Å². The summed E-state index contributed by atoms with van der Waals surface area (Å²) in [6.07, 6.45) is 0. The van der Waals surface area contributed by atoms with Crippen molar-refractivity contribution < 1.29 is 13.6 Å². The third-order valence-corrected chi connectivity index (χ3v) is 1.92. The van der Waals surface area contributed by atoms with Crippen LogP contribution in [-0.4, -0.2) is 16.1 Å². The first-order chi connectivity index (χ1) is 7.15. The van der Waals surface area contributed by atoms with Crippen LogP contribution in [0.2, 0.25) is 0 Å². The molecule has 78 valence electrons. The predicted octanol–water partition coefficient (Wildman–Crippen LogP) is 2.05. The molecule has 0 spiro atoms. The number of amides is 1. The molecule has 2 aromatic rings. The van der Waals surface area contributed by atoms with Crippen LogP contribution in [0, 0.1) is 0 Å². The van der Waals surface area contributed by atoms with Crippen LogP contribution in [0.4, 0.5) is 6.01 Å². The molecular formula is C8H6BrN3O3. The van der Waals surface area contributed by atoms with Crippen molar-refractivity contribution in [2.45, 2.75) is 6.92 Å². The van der Waals surface area contributed by atoms with Gasteiger partial charge in [0, 0.05) is 6.92 Å². The minimum atomic E-state index is -0.272. The molecule has 0 radical (unpaired) electrons. The zero-order chi connectivity index (χ0) is 10.8. The average Bonchev–Trinajstić information content (AvgIpc) is 2.72. The van der Waals surface area contributed by atoms with Gasteiger partial charge in [-0.3, -0.25) is 10.1 Å². The van der Waals surface area contributed by atoms with E-state index in [0.717, 1.165) is 0 Å². The van der Waals surface area contributed by atoms with E-state index < -0.39 is 0 Å². The SMILES string of the molecule is CC(=O)Nc1nnc(-c2ccc(Br)o2)o1. The normalized spacial score (nSPS) is 10.3. The number of hydrogen-bond donors (Lipinski definition) is 1. The Kier molecular flexibility index (Phi) is 2.55. The Balaban J connectivity index is 2.23. The molecule has 7 heteroatoms. The zero-order valence-corrected chi connectivity index (χ0v) is 9.24. The lowest BCUT2D eigenvalue weighted by molar-refractivity contribution is -0.114. The number of carbonyl (C=O) groups is 1. The highest BCUT2D eigenvalue weighted by Gasteiger charge is 2.12. The molecule has 0 aliphatic rings. The second-order valence-electron chi connectivity index (χ2n) is 2.70. The van der Waals surface area contributed by atoms with Gasteiger partial charge in [0.05, 0.1) is 0 Å². The van der Waals surface area contributed by atoms with E-state index in [1.807, 2.05) is 0 Å². The number of carbonyl (C=O) groups excluding carboxylic acids is 1. The van der Waals surface area contributed by atoms with Crippen LogP contribution < -0.4 is 5.32 Å². The molecule has 2 aromatic heterocycles. The van der Waals surface area contributed by atoms with Gasteiger partial charge < -0.3 is 8.83 Å². The summed E-state index contributed by atoms with van der Waals surface area (Å²) in [6.45, 7) is 1.35. The maximum atomic E-state index is 10.7. The minimum Gasteiger partial charge on any atom is -0.444 e. The van der Waals surface area contributed by atoms with Crippen LogP contribution in [0.25, 0.3) is 11.7 Å². The Morgan fingerprint density at radius 1 is 1.40 bits per heavy atom. The second-order valence-corrected chi connectivity index (χ2v) is 3.48. The highest BCUT2D eigenvalue weighted by Crippen LogP contribution is 2.24. The first-order valence-corrected chi connectivity index (χ1v) is 4.81. The summed E-state index contributed by atoms with van der Waals surface area (Å²) >= 11 is 3.15. The maximum Gasteiger partial charge on any atom is 0.322 e. The van der Waals surface area contributed by atoms with Gasteiger partial charge in [0.15, 0.2) is 10.4 Å². The first kappa shape index (κ1) is 9.91. The lowest BCUT2D eigenvalue weighted by atomic mass is 10.5. The molecular weight excluding hydrogens is 266 g/mol. The van der Waals surface area contributed by atoms with Crippen LogP contribution in [0.3, 0.4) is 0 Å². The van der Waals surface area contributed by atoms with Crippen LogP contribution in [-0.2, 0) is 4.79 Å². The summed E-state index contributed by atoms with van der Waals surface area (Å²) < 4.78 is 10.9. The molecule has 6 nitrogen and oxygen atoms in total. The van der Waals surface area contributed by atoms with Gasteiger partial charge in [-0.05, 0) is 28.1 Å². The summed E-state index contributed by atoms with van der Waals surface area (Å²) in [5.74, 6) is 0.376. The Bertz CT molecular complexity index is 491. The fourth-order valence-corrected chi connectivity index (χ4v) is 1.26. The summed E-state index contributed by atoms with van der Waals surface area (Å²) in [4.78, 5) is 10.7. The van der Waals surface area contributed by atoms with Crippen molar-refractivity contribution in [2.24, 2.45) is 0 Å². The van der Waals surface area contributed by atoms with Crippen LogP contribution in [0.1, 0.15) is 6.92 Å². The largest absolute Gasteiger partial charge is 0.444 e. The van der Waals surface area contributed by atoms with Crippen LogP contribution >= 0.6 is 15.9 Å². The van der Waals surface area contributed by atoms with E-state index >= 15 is 0 Å². The molecule has 0 aromatic carbocycles. The second kappa shape index (κ2) is 3.85. The lowest BCUT2D eigenvalue weighted by Crippen LogP contribution is -2.05. The third-order valence-electron chi connectivity index (χ3n) is 1.49. The van der Waals surface area contributed by atoms with Crippen molar-refractivity contribution in [1.29, 1.82) is 0 Å². The monoisotopic (exact) mass is 271 g/mol. The molecule has 0 aliphatic heterocycles. The predicted molar refractivity (Wildman–Crippen MR) is 54.0 cm³/mol. The third kappa shape index (κ3) is 2.24.